The van der Waals surface area contributed by atoms with Gasteiger partial charge in [0, 0.05) is 6.54 Å². The van der Waals surface area contributed by atoms with Crippen LogP contribution in [0.5, 0.6) is 0 Å². The summed E-state index contributed by atoms with van der Waals surface area (Å²) in [6, 6.07) is 9.13. The first kappa shape index (κ1) is 10.2. The van der Waals surface area contributed by atoms with E-state index in [4.69, 9.17) is 4.74 Å². The van der Waals surface area contributed by atoms with Crippen LogP contribution in [-0.2, 0) is 4.74 Å². The van der Waals surface area contributed by atoms with Crippen LogP contribution >= 0.6 is 0 Å². The standard InChI is InChI=1S/C12H15NO2/c14-12(10-5-2-1-3-6-10)15-11-7-4-8-13-9-11/h1-3,5-6,11,13H,4,7-9H2. The van der Waals surface area contributed by atoms with Crippen molar-refractivity contribution in [3.05, 3.63) is 35.9 Å². The van der Waals surface area contributed by atoms with E-state index in [0.29, 0.717) is 5.56 Å². The third kappa shape index (κ3) is 2.80. The van der Waals surface area contributed by atoms with Crippen LogP contribution in [0.15, 0.2) is 30.3 Å². The molecule has 3 heteroatoms. The third-order valence-electron chi connectivity index (χ3n) is 2.53. The van der Waals surface area contributed by atoms with Crippen molar-refractivity contribution in [2.45, 2.75) is 18.9 Å². The van der Waals surface area contributed by atoms with Crippen molar-refractivity contribution < 1.29 is 9.53 Å². The number of rotatable bonds is 2. The number of ether oxygens (including phenoxy) is 1. The molecule has 1 saturated heterocycles. The minimum Gasteiger partial charge on any atom is -0.457 e. The molecule has 0 radical (unpaired) electrons. The van der Waals surface area contributed by atoms with E-state index in [9.17, 15) is 4.79 Å². The average molecular weight is 205 g/mol. The van der Waals surface area contributed by atoms with Crippen LogP contribution in [0.3, 0.4) is 0 Å². The van der Waals surface area contributed by atoms with Crippen LogP contribution in [-0.4, -0.2) is 25.2 Å². The Morgan fingerprint density at radius 3 is 2.80 bits per heavy atom. The Morgan fingerprint density at radius 1 is 1.33 bits per heavy atom. The molecule has 1 unspecified atom stereocenters. The van der Waals surface area contributed by atoms with Gasteiger partial charge in [-0.25, -0.2) is 4.79 Å². The molecule has 0 aliphatic carbocycles. The largest absolute Gasteiger partial charge is 0.457 e. The molecule has 0 amide bonds. The molecule has 1 aliphatic heterocycles. The molecular formula is C12H15NO2. The molecule has 3 nitrogen and oxygen atoms in total. The molecule has 1 aromatic rings. The lowest BCUT2D eigenvalue weighted by atomic mass is 10.1. The fourth-order valence-electron chi connectivity index (χ4n) is 1.71. The number of hydrogen-bond acceptors (Lipinski definition) is 3. The minimum absolute atomic E-state index is 0.0338. The maximum absolute atomic E-state index is 11.7. The van der Waals surface area contributed by atoms with Crippen molar-refractivity contribution in [3.63, 3.8) is 0 Å². The highest BCUT2D eigenvalue weighted by atomic mass is 16.5. The molecule has 0 bridgehead atoms. The average Bonchev–Trinajstić information content (AvgIpc) is 2.31. The highest BCUT2D eigenvalue weighted by Gasteiger charge is 2.17. The highest BCUT2D eigenvalue weighted by Crippen LogP contribution is 2.09. The third-order valence-corrected chi connectivity index (χ3v) is 2.53. The smallest absolute Gasteiger partial charge is 0.338 e. The molecule has 2 rings (SSSR count). The molecule has 1 atom stereocenters. The predicted molar refractivity (Wildman–Crippen MR) is 57.7 cm³/mol. The lowest BCUT2D eigenvalue weighted by Gasteiger charge is -2.22. The van der Waals surface area contributed by atoms with Gasteiger partial charge in [-0.15, -0.1) is 0 Å². The lowest BCUT2D eigenvalue weighted by Crippen LogP contribution is -2.36. The fourth-order valence-corrected chi connectivity index (χ4v) is 1.71. The predicted octanol–water partition coefficient (Wildman–Crippen LogP) is 1.60. The zero-order valence-corrected chi connectivity index (χ0v) is 8.61. The molecule has 1 N–H and O–H groups in total. The molecule has 0 aromatic heterocycles. The first-order chi connectivity index (χ1) is 7.36. The van der Waals surface area contributed by atoms with Crippen molar-refractivity contribution in [2.75, 3.05) is 13.1 Å². The Kier molecular flexibility index (Phi) is 3.35. The van der Waals surface area contributed by atoms with Gasteiger partial charge in [-0.05, 0) is 31.5 Å². The second-order valence-electron chi connectivity index (χ2n) is 3.74. The van der Waals surface area contributed by atoms with E-state index in [1.54, 1.807) is 12.1 Å². The van der Waals surface area contributed by atoms with Gasteiger partial charge in [-0.2, -0.15) is 0 Å². The molecule has 1 aromatic carbocycles. The quantitative estimate of drug-likeness (QED) is 0.745. The van der Waals surface area contributed by atoms with E-state index in [2.05, 4.69) is 5.32 Å². The van der Waals surface area contributed by atoms with Gasteiger partial charge < -0.3 is 10.1 Å². The first-order valence-electron chi connectivity index (χ1n) is 5.33. The number of esters is 1. The van der Waals surface area contributed by atoms with Crippen LogP contribution in [0.2, 0.25) is 0 Å². The van der Waals surface area contributed by atoms with Gasteiger partial charge in [0.2, 0.25) is 0 Å². The van der Waals surface area contributed by atoms with E-state index in [1.807, 2.05) is 18.2 Å². The van der Waals surface area contributed by atoms with Gasteiger partial charge in [0.1, 0.15) is 6.10 Å². The molecule has 1 aliphatic rings. The summed E-state index contributed by atoms with van der Waals surface area (Å²) in [6.45, 7) is 1.80. The summed E-state index contributed by atoms with van der Waals surface area (Å²) in [6.07, 6.45) is 2.07. The molecule has 1 fully saturated rings. The van der Waals surface area contributed by atoms with Crippen LogP contribution in [0.25, 0.3) is 0 Å². The summed E-state index contributed by atoms with van der Waals surface area (Å²) in [7, 11) is 0. The SMILES string of the molecule is O=C(OC1CCCNC1)c1ccccc1. The summed E-state index contributed by atoms with van der Waals surface area (Å²) in [5, 5.41) is 3.21. The van der Waals surface area contributed by atoms with Crippen molar-refractivity contribution in [1.82, 2.24) is 5.32 Å². The van der Waals surface area contributed by atoms with E-state index in [1.165, 1.54) is 0 Å². The van der Waals surface area contributed by atoms with Gasteiger partial charge in [0.25, 0.3) is 0 Å². The van der Waals surface area contributed by atoms with Crippen molar-refractivity contribution in [2.24, 2.45) is 0 Å². The normalized spacial score (nSPS) is 20.9. The van der Waals surface area contributed by atoms with Gasteiger partial charge in [-0.1, -0.05) is 18.2 Å². The highest BCUT2D eigenvalue weighted by molar-refractivity contribution is 5.89. The minimum atomic E-state index is -0.218. The Labute approximate surface area is 89.4 Å². The van der Waals surface area contributed by atoms with E-state index in [0.717, 1.165) is 25.9 Å². The zero-order valence-electron chi connectivity index (χ0n) is 8.61. The summed E-state index contributed by atoms with van der Waals surface area (Å²) in [5.74, 6) is -0.218. The van der Waals surface area contributed by atoms with Crippen LogP contribution in [0.1, 0.15) is 23.2 Å². The van der Waals surface area contributed by atoms with Crippen molar-refractivity contribution >= 4 is 5.97 Å². The number of benzene rings is 1. The molecule has 80 valence electrons. The monoisotopic (exact) mass is 205 g/mol. The Balaban J connectivity index is 1.91. The van der Waals surface area contributed by atoms with E-state index < -0.39 is 0 Å². The summed E-state index contributed by atoms with van der Waals surface area (Å²) in [4.78, 5) is 11.7. The molecule has 15 heavy (non-hydrogen) atoms. The molecular weight excluding hydrogens is 190 g/mol. The van der Waals surface area contributed by atoms with E-state index >= 15 is 0 Å². The Bertz CT molecular complexity index is 318. The van der Waals surface area contributed by atoms with Crippen molar-refractivity contribution in [1.29, 1.82) is 0 Å². The lowest BCUT2D eigenvalue weighted by molar-refractivity contribution is 0.0245. The molecule has 1 heterocycles. The van der Waals surface area contributed by atoms with Crippen molar-refractivity contribution in [3.8, 4) is 0 Å². The van der Waals surface area contributed by atoms with Gasteiger partial charge in [0.15, 0.2) is 0 Å². The molecule has 0 spiro atoms. The number of hydrogen-bond donors (Lipinski definition) is 1. The maximum atomic E-state index is 11.7. The number of carbonyl (C=O) groups excluding carboxylic acids is 1. The fraction of sp³-hybridized carbons (Fsp3) is 0.417. The number of nitrogens with one attached hydrogen (secondary N) is 1. The zero-order chi connectivity index (χ0) is 10.5. The van der Waals surface area contributed by atoms with Gasteiger partial charge in [0.05, 0.1) is 5.56 Å². The van der Waals surface area contributed by atoms with Gasteiger partial charge in [-0.3, -0.25) is 0 Å². The summed E-state index contributed by atoms with van der Waals surface area (Å²) >= 11 is 0. The second-order valence-corrected chi connectivity index (χ2v) is 3.74. The van der Waals surface area contributed by atoms with E-state index in [-0.39, 0.29) is 12.1 Å². The topological polar surface area (TPSA) is 38.3 Å². The van der Waals surface area contributed by atoms with Gasteiger partial charge >= 0.3 is 5.97 Å². The molecule has 0 saturated carbocycles. The van der Waals surface area contributed by atoms with Crippen LogP contribution < -0.4 is 5.32 Å². The summed E-state index contributed by atoms with van der Waals surface area (Å²) in [5.41, 5.74) is 0.628. The first-order valence-corrected chi connectivity index (χ1v) is 5.33. The maximum Gasteiger partial charge on any atom is 0.338 e. The van der Waals surface area contributed by atoms with Crippen LogP contribution in [0.4, 0.5) is 0 Å². The Hall–Kier alpha value is -1.35. The van der Waals surface area contributed by atoms with Crippen LogP contribution in [0, 0.1) is 0 Å². The Morgan fingerprint density at radius 2 is 2.13 bits per heavy atom. The summed E-state index contributed by atoms with van der Waals surface area (Å²) < 4.78 is 5.38. The number of piperidine rings is 1. The second kappa shape index (κ2) is 4.94. The number of carbonyl (C=O) groups is 1.